The molecule has 8 heteroatoms. The molecule has 1 atom stereocenters. The lowest BCUT2D eigenvalue weighted by atomic mass is 10.1. The number of rotatable bonds is 5. The largest absolute Gasteiger partial charge is 0.497 e. The number of hydrogen-bond acceptors (Lipinski definition) is 3. The van der Waals surface area contributed by atoms with Crippen LogP contribution in [0, 0.1) is 5.92 Å². The van der Waals surface area contributed by atoms with Crippen molar-refractivity contribution in [2.45, 2.75) is 19.1 Å². The quantitative estimate of drug-likeness (QED) is 0.849. The van der Waals surface area contributed by atoms with Crippen molar-refractivity contribution in [1.82, 2.24) is 5.32 Å². The maximum absolute atomic E-state index is 12.9. The van der Waals surface area contributed by atoms with Gasteiger partial charge in [0.1, 0.15) is 5.75 Å². The van der Waals surface area contributed by atoms with Crippen molar-refractivity contribution in [2.24, 2.45) is 5.92 Å². The standard InChI is InChI=1S/C20H19F3N2O3/c1-28-17-7-2-4-13(8-17)11-24-19(27)14-9-18(26)25(12-14)16-6-3-5-15(10-16)20(21,22)23/h2-8,10,14H,9,11-12H2,1H3,(H,24,27). The Morgan fingerprint density at radius 2 is 1.96 bits per heavy atom. The highest BCUT2D eigenvalue weighted by molar-refractivity contribution is 6.00. The van der Waals surface area contributed by atoms with Crippen LogP contribution < -0.4 is 15.0 Å². The SMILES string of the molecule is COc1cccc(CNC(=O)C2CC(=O)N(c3cccc(C(F)(F)F)c3)C2)c1. The summed E-state index contributed by atoms with van der Waals surface area (Å²) in [5.41, 5.74) is 0.151. The van der Waals surface area contributed by atoms with Gasteiger partial charge in [0.15, 0.2) is 0 Å². The molecular formula is C20H19F3N2O3. The van der Waals surface area contributed by atoms with Crippen LogP contribution >= 0.6 is 0 Å². The van der Waals surface area contributed by atoms with Crippen LogP contribution in [0.15, 0.2) is 48.5 Å². The highest BCUT2D eigenvalue weighted by Crippen LogP contribution is 2.33. The van der Waals surface area contributed by atoms with Gasteiger partial charge < -0.3 is 15.0 Å². The smallest absolute Gasteiger partial charge is 0.416 e. The first kappa shape index (κ1) is 19.7. The molecular weight excluding hydrogens is 373 g/mol. The van der Waals surface area contributed by atoms with E-state index in [0.29, 0.717) is 5.75 Å². The van der Waals surface area contributed by atoms with E-state index in [0.717, 1.165) is 17.7 Å². The molecule has 1 unspecified atom stereocenters. The van der Waals surface area contributed by atoms with Crippen molar-refractivity contribution >= 4 is 17.5 Å². The summed E-state index contributed by atoms with van der Waals surface area (Å²) >= 11 is 0. The molecule has 1 N–H and O–H groups in total. The number of carbonyl (C=O) groups excluding carboxylic acids is 2. The molecule has 28 heavy (non-hydrogen) atoms. The lowest BCUT2D eigenvalue weighted by Crippen LogP contribution is -2.32. The third-order valence-corrected chi connectivity index (χ3v) is 4.58. The normalized spacial score (nSPS) is 16.9. The molecule has 5 nitrogen and oxygen atoms in total. The number of amides is 2. The Morgan fingerprint density at radius 1 is 1.21 bits per heavy atom. The predicted octanol–water partition coefficient (Wildman–Crippen LogP) is 3.38. The number of alkyl halides is 3. The van der Waals surface area contributed by atoms with Crippen LogP contribution in [-0.4, -0.2) is 25.5 Å². The molecule has 2 amide bonds. The molecule has 0 bridgehead atoms. The molecule has 0 aromatic heterocycles. The lowest BCUT2D eigenvalue weighted by molar-refractivity contribution is -0.137. The van der Waals surface area contributed by atoms with E-state index in [9.17, 15) is 22.8 Å². The Bertz CT molecular complexity index is 883. The van der Waals surface area contributed by atoms with Crippen LogP contribution in [0.5, 0.6) is 5.75 Å². The van der Waals surface area contributed by atoms with Crippen LogP contribution in [0.2, 0.25) is 0 Å². The van der Waals surface area contributed by atoms with Crippen molar-refractivity contribution in [1.29, 1.82) is 0 Å². The first-order valence-corrected chi connectivity index (χ1v) is 8.66. The Morgan fingerprint density at radius 3 is 2.68 bits per heavy atom. The second-order valence-electron chi connectivity index (χ2n) is 6.52. The van der Waals surface area contributed by atoms with Gasteiger partial charge in [0, 0.05) is 25.2 Å². The average Bonchev–Trinajstić information content (AvgIpc) is 3.07. The van der Waals surface area contributed by atoms with E-state index in [1.165, 1.54) is 17.0 Å². The number of anilines is 1. The number of carbonyl (C=O) groups is 2. The summed E-state index contributed by atoms with van der Waals surface area (Å²) in [4.78, 5) is 25.9. The minimum atomic E-state index is -4.49. The number of ether oxygens (including phenoxy) is 1. The van der Waals surface area contributed by atoms with Gasteiger partial charge in [-0.3, -0.25) is 9.59 Å². The number of nitrogens with one attached hydrogen (secondary N) is 1. The van der Waals surface area contributed by atoms with Gasteiger partial charge in [-0.15, -0.1) is 0 Å². The summed E-state index contributed by atoms with van der Waals surface area (Å²) in [5.74, 6) is -0.641. The second-order valence-corrected chi connectivity index (χ2v) is 6.52. The van der Waals surface area contributed by atoms with Crippen molar-refractivity contribution in [2.75, 3.05) is 18.6 Å². The number of methoxy groups -OCH3 is 1. The number of hydrogen-bond donors (Lipinski definition) is 1. The number of halogens is 3. The van der Waals surface area contributed by atoms with Gasteiger partial charge in [-0.2, -0.15) is 13.2 Å². The topological polar surface area (TPSA) is 58.6 Å². The fourth-order valence-corrected chi connectivity index (χ4v) is 3.10. The molecule has 1 fully saturated rings. The molecule has 148 valence electrons. The van der Waals surface area contributed by atoms with Gasteiger partial charge in [0.05, 0.1) is 18.6 Å². The molecule has 1 heterocycles. The van der Waals surface area contributed by atoms with E-state index in [1.807, 2.05) is 6.07 Å². The van der Waals surface area contributed by atoms with Crippen molar-refractivity contribution < 1.29 is 27.5 Å². The van der Waals surface area contributed by atoms with Gasteiger partial charge in [0.25, 0.3) is 0 Å². The van der Waals surface area contributed by atoms with Gasteiger partial charge in [-0.05, 0) is 35.9 Å². The van der Waals surface area contributed by atoms with Gasteiger partial charge in [0.2, 0.25) is 11.8 Å². The summed E-state index contributed by atoms with van der Waals surface area (Å²) in [6.45, 7) is 0.314. The Labute approximate surface area is 160 Å². The minimum absolute atomic E-state index is 0.0415. The molecule has 0 saturated carbocycles. The van der Waals surface area contributed by atoms with Crippen LogP contribution in [0.3, 0.4) is 0 Å². The molecule has 1 aliphatic heterocycles. The third-order valence-electron chi connectivity index (χ3n) is 4.58. The summed E-state index contributed by atoms with van der Waals surface area (Å²) in [6.07, 6.45) is -4.54. The summed E-state index contributed by atoms with van der Waals surface area (Å²) in [5, 5.41) is 2.77. The van der Waals surface area contributed by atoms with Gasteiger partial charge >= 0.3 is 6.18 Å². The van der Waals surface area contributed by atoms with Crippen LogP contribution in [-0.2, 0) is 22.3 Å². The monoisotopic (exact) mass is 392 g/mol. The number of benzene rings is 2. The average molecular weight is 392 g/mol. The lowest BCUT2D eigenvalue weighted by Gasteiger charge is -2.18. The molecule has 0 spiro atoms. The first-order valence-electron chi connectivity index (χ1n) is 8.66. The zero-order valence-electron chi connectivity index (χ0n) is 15.1. The molecule has 1 aliphatic rings. The summed E-state index contributed by atoms with van der Waals surface area (Å²) in [6, 6.07) is 11.8. The van der Waals surface area contributed by atoms with Crippen LogP contribution in [0.25, 0.3) is 0 Å². The van der Waals surface area contributed by atoms with E-state index < -0.39 is 17.7 Å². The molecule has 2 aromatic carbocycles. The Balaban J connectivity index is 1.64. The zero-order valence-corrected chi connectivity index (χ0v) is 15.1. The van der Waals surface area contributed by atoms with Gasteiger partial charge in [-0.25, -0.2) is 0 Å². The molecule has 1 saturated heterocycles. The summed E-state index contributed by atoms with van der Waals surface area (Å²) < 4.78 is 43.8. The highest BCUT2D eigenvalue weighted by atomic mass is 19.4. The fourth-order valence-electron chi connectivity index (χ4n) is 3.10. The maximum Gasteiger partial charge on any atom is 0.416 e. The third kappa shape index (κ3) is 4.44. The zero-order chi connectivity index (χ0) is 20.3. The van der Waals surface area contributed by atoms with Gasteiger partial charge in [-0.1, -0.05) is 18.2 Å². The maximum atomic E-state index is 12.9. The molecule has 2 aromatic rings. The number of nitrogens with zero attached hydrogens (tertiary/aromatic N) is 1. The summed E-state index contributed by atoms with van der Waals surface area (Å²) in [7, 11) is 1.55. The van der Waals surface area contributed by atoms with Crippen LogP contribution in [0.1, 0.15) is 17.5 Å². The van der Waals surface area contributed by atoms with E-state index in [2.05, 4.69) is 5.32 Å². The highest BCUT2D eigenvalue weighted by Gasteiger charge is 2.36. The van der Waals surface area contributed by atoms with E-state index in [1.54, 1.807) is 25.3 Å². The Hall–Kier alpha value is -3.03. The molecule has 0 aliphatic carbocycles. The fraction of sp³-hybridized carbons (Fsp3) is 0.300. The van der Waals surface area contributed by atoms with E-state index in [-0.39, 0.29) is 37.0 Å². The minimum Gasteiger partial charge on any atom is -0.497 e. The predicted molar refractivity (Wildman–Crippen MR) is 96.7 cm³/mol. The Kier molecular flexibility index (Phi) is 5.58. The second kappa shape index (κ2) is 7.92. The van der Waals surface area contributed by atoms with E-state index in [4.69, 9.17) is 4.74 Å². The van der Waals surface area contributed by atoms with Crippen molar-refractivity contribution in [3.05, 3.63) is 59.7 Å². The van der Waals surface area contributed by atoms with Crippen LogP contribution in [0.4, 0.5) is 18.9 Å². The van der Waals surface area contributed by atoms with Crippen molar-refractivity contribution in [3.8, 4) is 5.75 Å². The molecule has 0 radical (unpaired) electrons. The molecule has 3 rings (SSSR count). The first-order chi connectivity index (χ1) is 13.3. The van der Waals surface area contributed by atoms with Crippen molar-refractivity contribution in [3.63, 3.8) is 0 Å². The van der Waals surface area contributed by atoms with E-state index >= 15 is 0 Å².